The largest absolute Gasteiger partial charge is 0.358 e. The number of hydrogen-bond acceptors (Lipinski definition) is 5. The summed E-state index contributed by atoms with van der Waals surface area (Å²) in [6, 6.07) is 5.05. The van der Waals surface area contributed by atoms with Gasteiger partial charge in [-0.25, -0.2) is 24.3 Å². The van der Waals surface area contributed by atoms with E-state index in [4.69, 9.17) is 4.98 Å². The summed E-state index contributed by atoms with van der Waals surface area (Å²) in [6.07, 6.45) is 6.48. The lowest BCUT2D eigenvalue weighted by atomic mass is 9.92. The Hall–Kier alpha value is -3.03. The molecule has 1 aliphatic rings. The Morgan fingerprint density at radius 1 is 1.27 bits per heavy atom. The first-order valence-electron chi connectivity index (χ1n) is 8.78. The van der Waals surface area contributed by atoms with Crippen LogP contribution in [0.25, 0.3) is 22.2 Å². The summed E-state index contributed by atoms with van der Waals surface area (Å²) >= 11 is 0. The number of benzene rings is 1. The quantitative estimate of drug-likeness (QED) is 0.585. The molecule has 1 saturated carbocycles. The molecule has 8 heteroatoms. The average Bonchev–Trinajstić information content (AvgIpc) is 3.19. The molecule has 132 valence electrons. The molecule has 0 radical (unpaired) electrons. The van der Waals surface area contributed by atoms with E-state index in [1.165, 1.54) is 18.8 Å². The van der Waals surface area contributed by atoms with Crippen molar-refractivity contribution in [3.63, 3.8) is 0 Å². The van der Waals surface area contributed by atoms with Crippen molar-refractivity contribution in [1.29, 1.82) is 0 Å². The van der Waals surface area contributed by atoms with Crippen molar-refractivity contribution < 1.29 is 4.39 Å². The van der Waals surface area contributed by atoms with Crippen molar-refractivity contribution in [3.05, 3.63) is 42.5 Å². The van der Waals surface area contributed by atoms with E-state index in [2.05, 4.69) is 29.8 Å². The number of nitrogens with zero attached hydrogens (tertiary/aromatic N) is 5. The van der Waals surface area contributed by atoms with Gasteiger partial charge in [0.2, 0.25) is 0 Å². The van der Waals surface area contributed by atoms with Gasteiger partial charge in [-0.3, -0.25) is 0 Å². The van der Waals surface area contributed by atoms with Gasteiger partial charge in [0.15, 0.2) is 11.5 Å². The van der Waals surface area contributed by atoms with E-state index in [-0.39, 0.29) is 11.9 Å². The summed E-state index contributed by atoms with van der Waals surface area (Å²) in [5.41, 5.74) is 3.05. The van der Waals surface area contributed by atoms with Gasteiger partial charge in [0, 0.05) is 6.04 Å². The number of nitrogens with one attached hydrogen (secondary N) is 2. The first-order valence-corrected chi connectivity index (χ1v) is 8.78. The molecule has 0 spiro atoms. The molecule has 2 N–H and O–H groups in total. The number of H-pyrrole nitrogens is 1. The van der Waals surface area contributed by atoms with Gasteiger partial charge in [-0.15, -0.1) is 0 Å². The Morgan fingerprint density at radius 2 is 2.15 bits per heavy atom. The number of hydrogen-bond donors (Lipinski definition) is 2. The number of rotatable bonds is 4. The van der Waals surface area contributed by atoms with Crippen LogP contribution >= 0.6 is 0 Å². The van der Waals surface area contributed by atoms with Crippen LogP contribution in [0.2, 0.25) is 0 Å². The highest BCUT2D eigenvalue weighted by molar-refractivity contribution is 5.82. The fraction of sp³-hybridized carbons (Fsp3) is 0.333. The lowest BCUT2D eigenvalue weighted by molar-refractivity contribution is 0.311. The SMILES string of the molecule is CC(Nc1ncnc2nc[nH]c12)c1nc2ccc(F)cc2n1C1CCC1. The van der Waals surface area contributed by atoms with E-state index in [0.717, 1.165) is 35.2 Å². The maximum Gasteiger partial charge on any atom is 0.182 e. The molecule has 1 fully saturated rings. The van der Waals surface area contributed by atoms with Gasteiger partial charge < -0.3 is 14.9 Å². The molecule has 1 unspecified atom stereocenters. The fourth-order valence-corrected chi connectivity index (χ4v) is 3.56. The second kappa shape index (κ2) is 5.76. The third kappa shape index (κ3) is 2.33. The van der Waals surface area contributed by atoms with Gasteiger partial charge >= 0.3 is 0 Å². The molecular weight excluding hydrogens is 333 g/mol. The van der Waals surface area contributed by atoms with Crippen LogP contribution < -0.4 is 5.32 Å². The normalized spacial score (nSPS) is 16.1. The Bertz CT molecular complexity index is 1100. The van der Waals surface area contributed by atoms with Crippen molar-refractivity contribution in [2.24, 2.45) is 0 Å². The monoisotopic (exact) mass is 351 g/mol. The predicted octanol–water partition coefficient (Wildman–Crippen LogP) is 3.74. The molecule has 1 aromatic carbocycles. The molecule has 0 bridgehead atoms. The minimum Gasteiger partial charge on any atom is -0.358 e. The molecule has 5 rings (SSSR count). The second-order valence-electron chi connectivity index (χ2n) is 6.75. The molecule has 0 aliphatic heterocycles. The summed E-state index contributed by atoms with van der Waals surface area (Å²) in [4.78, 5) is 20.5. The topological polar surface area (TPSA) is 84.3 Å². The number of anilines is 1. The van der Waals surface area contributed by atoms with Crippen LogP contribution in [0.4, 0.5) is 10.2 Å². The van der Waals surface area contributed by atoms with Crippen molar-refractivity contribution in [2.75, 3.05) is 5.32 Å². The molecular formula is C18H18FN7. The average molecular weight is 351 g/mol. The van der Waals surface area contributed by atoms with Gasteiger partial charge in [0.1, 0.15) is 23.5 Å². The Balaban J connectivity index is 1.58. The van der Waals surface area contributed by atoms with Crippen molar-refractivity contribution >= 4 is 28.0 Å². The van der Waals surface area contributed by atoms with Gasteiger partial charge in [-0.1, -0.05) is 0 Å². The zero-order chi connectivity index (χ0) is 17.7. The fourth-order valence-electron chi connectivity index (χ4n) is 3.56. The Labute approximate surface area is 148 Å². The minimum atomic E-state index is -0.236. The number of aromatic nitrogens is 6. The van der Waals surface area contributed by atoms with Crippen LogP contribution in [-0.2, 0) is 0 Å². The van der Waals surface area contributed by atoms with E-state index in [1.54, 1.807) is 18.5 Å². The first kappa shape index (κ1) is 15.2. The van der Waals surface area contributed by atoms with Gasteiger partial charge in [-0.05, 0) is 44.4 Å². The summed E-state index contributed by atoms with van der Waals surface area (Å²) in [5.74, 6) is 1.33. The van der Waals surface area contributed by atoms with Crippen LogP contribution in [0.15, 0.2) is 30.9 Å². The molecule has 1 aliphatic carbocycles. The number of aromatic amines is 1. The standard InChI is InChI=1S/C18H18FN7/c1-10(24-17-15-16(21-8-20-15)22-9-23-17)18-25-13-6-5-11(19)7-14(13)26(18)12-3-2-4-12/h5-10,12H,2-4H2,1H3,(H2,20,21,22,23,24). The molecule has 26 heavy (non-hydrogen) atoms. The zero-order valence-electron chi connectivity index (χ0n) is 14.3. The number of fused-ring (bicyclic) bond motifs is 2. The second-order valence-corrected chi connectivity index (χ2v) is 6.75. The molecule has 0 amide bonds. The van der Waals surface area contributed by atoms with Gasteiger partial charge in [-0.2, -0.15) is 0 Å². The highest BCUT2D eigenvalue weighted by Gasteiger charge is 2.27. The summed E-state index contributed by atoms with van der Waals surface area (Å²) in [6.45, 7) is 2.04. The molecule has 3 heterocycles. The van der Waals surface area contributed by atoms with Crippen molar-refractivity contribution in [3.8, 4) is 0 Å². The van der Waals surface area contributed by atoms with Crippen LogP contribution in [0.1, 0.15) is 44.1 Å². The minimum absolute atomic E-state index is 0.104. The van der Waals surface area contributed by atoms with Crippen LogP contribution in [-0.4, -0.2) is 29.5 Å². The molecule has 1 atom stereocenters. The summed E-state index contributed by atoms with van der Waals surface area (Å²) in [5, 5.41) is 3.41. The maximum absolute atomic E-state index is 13.8. The third-order valence-corrected chi connectivity index (χ3v) is 5.08. The molecule has 3 aromatic heterocycles. The number of imidazole rings is 2. The van der Waals surface area contributed by atoms with Gasteiger partial charge in [0.25, 0.3) is 0 Å². The summed E-state index contributed by atoms with van der Waals surface area (Å²) < 4.78 is 16.0. The van der Waals surface area contributed by atoms with E-state index in [0.29, 0.717) is 17.5 Å². The van der Waals surface area contributed by atoms with Crippen LogP contribution in [0, 0.1) is 5.82 Å². The highest BCUT2D eigenvalue weighted by Crippen LogP contribution is 2.37. The lowest BCUT2D eigenvalue weighted by Crippen LogP contribution is -2.22. The van der Waals surface area contributed by atoms with Crippen LogP contribution in [0.3, 0.4) is 0 Å². The Kier molecular flexibility index (Phi) is 3.37. The summed E-state index contributed by atoms with van der Waals surface area (Å²) in [7, 11) is 0. The molecule has 4 aromatic rings. The van der Waals surface area contributed by atoms with Crippen molar-refractivity contribution in [1.82, 2.24) is 29.5 Å². The zero-order valence-corrected chi connectivity index (χ0v) is 14.3. The van der Waals surface area contributed by atoms with Crippen LogP contribution in [0.5, 0.6) is 0 Å². The van der Waals surface area contributed by atoms with Crippen molar-refractivity contribution in [2.45, 2.75) is 38.3 Å². The third-order valence-electron chi connectivity index (χ3n) is 5.08. The van der Waals surface area contributed by atoms with E-state index >= 15 is 0 Å². The lowest BCUT2D eigenvalue weighted by Gasteiger charge is -2.30. The highest BCUT2D eigenvalue weighted by atomic mass is 19.1. The van der Waals surface area contributed by atoms with E-state index in [1.807, 2.05) is 6.92 Å². The first-order chi connectivity index (χ1) is 12.7. The predicted molar refractivity (Wildman–Crippen MR) is 96.3 cm³/mol. The van der Waals surface area contributed by atoms with E-state index < -0.39 is 0 Å². The molecule has 7 nitrogen and oxygen atoms in total. The molecule has 0 saturated heterocycles. The Morgan fingerprint density at radius 3 is 2.96 bits per heavy atom. The van der Waals surface area contributed by atoms with Gasteiger partial charge in [0.05, 0.1) is 23.4 Å². The maximum atomic E-state index is 13.8. The number of halogens is 1. The smallest absolute Gasteiger partial charge is 0.182 e. The van der Waals surface area contributed by atoms with E-state index in [9.17, 15) is 4.39 Å².